The van der Waals surface area contributed by atoms with Crippen molar-refractivity contribution in [3.8, 4) is 0 Å². The largest absolute Gasteiger partial charge is 0.396 e. The maximum atomic E-state index is 9.48. The second kappa shape index (κ2) is 5.44. The predicted octanol–water partition coefficient (Wildman–Crippen LogP) is 1.31. The average Bonchev–Trinajstić information content (AvgIpc) is 2.97. The van der Waals surface area contributed by atoms with Gasteiger partial charge in [-0.2, -0.15) is 0 Å². The molecule has 0 unspecified atom stereocenters. The highest BCUT2D eigenvalue weighted by Crippen LogP contribution is 2.37. The van der Waals surface area contributed by atoms with Crippen molar-refractivity contribution in [3.05, 3.63) is 24.2 Å². The quantitative estimate of drug-likeness (QED) is 0.901. The Kier molecular flexibility index (Phi) is 3.43. The molecular formula is C16H20N4O2. The molecule has 0 radical (unpaired) electrons. The molecule has 1 aliphatic carbocycles. The standard InChI is InChI=1S/C16H20N4O2/c1-10-18-15-12(3-2-4-17-15)16(19-10)20-5-6-22-14-8-11(9-21)7-13(14)20/h2-4,11,13-14,21H,5-9H2,1H3/t11-,13+,14+/m1/s1. The van der Waals surface area contributed by atoms with Crippen LogP contribution in [0.4, 0.5) is 5.82 Å². The lowest BCUT2D eigenvalue weighted by Gasteiger charge is -2.38. The van der Waals surface area contributed by atoms with Crippen molar-refractivity contribution in [3.63, 3.8) is 0 Å². The van der Waals surface area contributed by atoms with E-state index in [0.29, 0.717) is 12.5 Å². The molecule has 0 spiro atoms. The van der Waals surface area contributed by atoms with Crippen LogP contribution < -0.4 is 4.90 Å². The molecule has 0 aromatic carbocycles. The van der Waals surface area contributed by atoms with Gasteiger partial charge in [-0.1, -0.05) is 0 Å². The summed E-state index contributed by atoms with van der Waals surface area (Å²) in [4.78, 5) is 15.8. The van der Waals surface area contributed by atoms with E-state index >= 15 is 0 Å². The van der Waals surface area contributed by atoms with E-state index in [4.69, 9.17) is 9.72 Å². The molecule has 0 bridgehead atoms. The summed E-state index contributed by atoms with van der Waals surface area (Å²) in [5, 5.41) is 10.5. The van der Waals surface area contributed by atoms with Crippen LogP contribution in [0.15, 0.2) is 18.3 Å². The SMILES string of the molecule is Cc1nc(N2CCO[C@H]3C[C@H](CO)C[C@@H]32)c2cccnc2n1. The third kappa shape index (κ3) is 2.23. The fourth-order valence-corrected chi connectivity index (χ4v) is 3.73. The number of aliphatic hydroxyl groups is 1. The third-order valence-corrected chi connectivity index (χ3v) is 4.73. The van der Waals surface area contributed by atoms with Crippen molar-refractivity contribution in [1.82, 2.24) is 15.0 Å². The summed E-state index contributed by atoms with van der Waals surface area (Å²) in [6.45, 7) is 3.65. The number of aliphatic hydroxyl groups excluding tert-OH is 1. The van der Waals surface area contributed by atoms with Crippen molar-refractivity contribution < 1.29 is 9.84 Å². The number of anilines is 1. The molecule has 22 heavy (non-hydrogen) atoms. The molecule has 2 aromatic heterocycles. The zero-order valence-corrected chi connectivity index (χ0v) is 12.6. The summed E-state index contributed by atoms with van der Waals surface area (Å²) in [7, 11) is 0. The van der Waals surface area contributed by atoms with Gasteiger partial charge >= 0.3 is 0 Å². The normalized spacial score (nSPS) is 28.1. The van der Waals surface area contributed by atoms with Crippen molar-refractivity contribution in [2.24, 2.45) is 5.92 Å². The highest BCUT2D eigenvalue weighted by atomic mass is 16.5. The fourth-order valence-electron chi connectivity index (χ4n) is 3.73. The van der Waals surface area contributed by atoms with Crippen LogP contribution in [-0.4, -0.2) is 52.0 Å². The number of rotatable bonds is 2. The predicted molar refractivity (Wildman–Crippen MR) is 82.8 cm³/mol. The number of aromatic nitrogens is 3. The third-order valence-electron chi connectivity index (χ3n) is 4.73. The maximum absolute atomic E-state index is 9.48. The molecule has 3 atom stereocenters. The van der Waals surface area contributed by atoms with E-state index in [2.05, 4.69) is 14.9 Å². The molecule has 6 heteroatoms. The number of ether oxygens (including phenoxy) is 1. The zero-order chi connectivity index (χ0) is 15.1. The van der Waals surface area contributed by atoms with E-state index in [1.807, 2.05) is 19.1 Å². The number of morpholine rings is 1. The number of hydrogen-bond acceptors (Lipinski definition) is 6. The minimum absolute atomic E-state index is 0.188. The smallest absolute Gasteiger partial charge is 0.164 e. The van der Waals surface area contributed by atoms with Gasteiger partial charge in [0.2, 0.25) is 0 Å². The summed E-state index contributed by atoms with van der Waals surface area (Å²) in [6.07, 6.45) is 3.83. The van der Waals surface area contributed by atoms with E-state index in [9.17, 15) is 5.11 Å². The molecule has 2 aromatic rings. The van der Waals surface area contributed by atoms with Crippen LogP contribution in [0.25, 0.3) is 11.0 Å². The van der Waals surface area contributed by atoms with Crippen molar-refractivity contribution in [2.75, 3.05) is 24.7 Å². The van der Waals surface area contributed by atoms with Crippen molar-refractivity contribution in [2.45, 2.75) is 31.9 Å². The summed E-state index contributed by atoms with van der Waals surface area (Å²) >= 11 is 0. The highest BCUT2D eigenvalue weighted by molar-refractivity contribution is 5.87. The van der Waals surface area contributed by atoms with Crippen LogP contribution in [0.5, 0.6) is 0 Å². The zero-order valence-electron chi connectivity index (χ0n) is 12.6. The Balaban J connectivity index is 1.77. The van der Waals surface area contributed by atoms with E-state index < -0.39 is 0 Å². The lowest BCUT2D eigenvalue weighted by Crippen LogP contribution is -2.49. The average molecular weight is 300 g/mol. The van der Waals surface area contributed by atoms with Gasteiger partial charge in [-0.3, -0.25) is 0 Å². The van der Waals surface area contributed by atoms with Crippen LogP contribution in [0, 0.1) is 12.8 Å². The van der Waals surface area contributed by atoms with Crippen LogP contribution >= 0.6 is 0 Å². The summed E-state index contributed by atoms with van der Waals surface area (Å²) in [5.41, 5.74) is 0.741. The molecule has 116 valence electrons. The number of nitrogens with zero attached hydrogens (tertiary/aromatic N) is 4. The van der Waals surface area contributed by atoms with Crippen LogP contribution in [0.1, 0.15) is 18.7 Å². The Labute approximate surface area is 129 Å². The van der Waals surface area contributed by atoms with Crippen molar-refractivity contribution in [1.29, 1.82) is 0 Å². The molecule has 0 amide bonds. The Morgan fingerprint density at radius 2 is 2.27 bits per heavy atom. The van der Waals surface area contributed by atoms with Gasteiger partial charge in [0, 0.05) is 19.3 Å². The van der Waals surface area contributed by atoms with Gasteiger partial charge in [-0.25, -0.2) is 15.0 Å². The molecule has 2 fully saturated rings. The molecule has 1 N–H and O–H groups in total. The minimum atomic E-state index is 0.188. The second-order valence-electron chi connectivity index (χ2n) is 6.16. The number of hydrogen-bond donors (Lipinski definition) is 1. The maximum Gasteiger partial charge on any atom is 0.164 e. The van der Waals surface area contributed by atoms with E-state index in [1.54, 1.807) is 6.20 Å². The highest BCUT2D eigenvalue weighted by Gasteiger charge is 2.41. The molecule has 3 heterocycles. The van der Waals surface area contributed by atoms with Gasteiger partial charge < -0.3 is 14.7 Å². The van der Waals surface area contributed by atoms with Gasteiger partial charge in [0.25, 0.3) is 0 Å². The molecule has 1 saturated carbocycles. The Bertz CT molecular complexity index is 693. The summed E-state index contributed by atoms with van der Waals surface area (Å²) in [6, 6.07) is 4.23. The van der Waals surface area contributed by atoms with Crippen LogP contribution in [0.2, 0.25) is 0 Å². The first-order valence-electron chi connectivity index (χ1n) is 7.84. The number of fused-ring (bicyclic) bond motifs is 2. The molecule has 1 saturated heterocycles. The fraction of sp³-hybridized carbons (Fsp3) is 0.562. The number of pyridine rings is 1. The summed E-state index contributed by atoms with van der Waals surface area (Å²) in [5.74, 6) is 2.01. The van der Waals surface area contributed by atoms with E-state index in [-0.39, 0.29) is 18.8 Å². The van der Waals surface area contributed by atoms with Crippen LogP contribution in [-0.2, 0) is 4.74 Å². The Morgan fingerprint density at radius 3 is 3.14 bits per heavy atom. The van der Waals surface area contributed by atoms with Gasteiger partial charge in [-0.05, 0) is 37.8 Å². The van der Waals surface area contributed by atoms with E-state index in [0.717, 1.165) is 42.1 Å². The second-order valence-corrected chi connectivity index (χ2v) is 6.16. The first kappa shape index (κ1) is 13.8. The lowest BCUT2D eigenvalue weighted by molar-refractivity contribution is 0.0229. The topological polar surface area (TPSA) is 71.4 Å². The molecule has 2 aliphatic rings. The molecule has 1 aliphatic heterocycles. The lowest BCUT2D eigenvalue weighted by atomic mass is 10.1. The first-order chi connectivity index (χ1) is 10.8. The van der Waals surface area contributed by atoms with Crippen molar-refractivity contribution >= 4 is 16.9 Å². The van der Waals surface area contributed by atoms with Gasteiger partial charge in [0.05, 0.1) is 24.1 Å². The molecule has 4 rings (SSSR count). The van der Waals surface area contributed by atoms with Crippen LogP contribution in [0.3, 0.4) is 0 Å². The van der Waals surface area contributed by atoms with E-state index in [1.165, 1.54) is 0 Å². The molecule has 6 nitrogen and oxygen atoms in total. The Morgan fingerprint density at radius 1 is 1.36 bits per heavy atom. The monoisotopic (exact) mass is 300 g/mol. The first-order valence-corrected chi connectivity index (χ1v) is 7.84. The van der Waals surface area contributed by atoms with Gasteiger partial charge in [-0.15, -0.1) is 0 Å². The van der Waals surface area contributed by atoms with Gasteiger partial charge in [0.15, 0.2) is 5.65 Å². The van der Waals surface area contributed by atoms with Gasteiger partial charge in [0.1, 0.15) is 11.6 Å². The summed E-state index contributed by atoms with van der Waals surface area (Å²) < 4.78 is 5.92. The minimum Gasteiger partial charge on any atom is -0.396 e. The molecular weight excluding hydrogens is 280 g/mol. The Hall–Kier alpha value is -1.79. The number of aryl methyl sites for hydroxylation is 1.